The molecule has 110 valence electrons. The van der Waals surface area contributed by atoms with Crippen LogP contribution in [0, 0.1) is 11.3 Å². The van der Waals surface area contributed by atoms with Crippen molar-refractivity contribution < 1.29 is 4.79 Å². The second-order valence-corrected chi connectivity index (χ2v) is 5.27. The van der Waals surface area contributed by atoms with Crippen molar-refractivity contribution in [3.63, 3.8) is 0 Å². The minimum absolute atomic E-state index is 0.0431. The van der Waals surface area contributed by atoms with Crippen LogP contribution in [0.1, 0.15) is 30.1 Å². The number of aromatic nitrogens is 1. The molecule has 0 radical (unpaired) electrons. The van der Waals surface area contributed by atoms with E-state index >= 15 is 0 Å². The number of nitrogens with zero attached hydrogens (tertiary/aromatic N) is 2. The first kappa shape index (κ1) is 14.1. The van der Waals surface area contributed by atoms with Gasteiger partial charge in [0.15, 0.2) is 0 Å². The molecule has 2 aromatic rings. The Kier molecular flexibility index (Phi) is 4.01. The highest BCUT2D eigenvalue weighted by atomic mass is 16.1. The molecule has 22 heavy (non-hydrogen) atoms. The number of anilines is 1. The summed E-state index contributed by atoms with van der Waals surface area (Å²) in [5.74, 6) is 0.715. The monoisotopic (exact) mass is 292 g/mol. The van der Waals surface area contributed by atoms with Gasteiger partial charge in [0.05, 0.1) is 12.1 Å². The van der Waals surface area contributed by atoms with Crippen molar-refractivity contribution in [2.45, 2.75) is 24.9 Å². The maximum absolute atomic E-state index is 11.7. The molecular weight excluding hydrogens is 276 g/mol. The summed E-state index contributed by atoms with van der Waals surface area (Å²) in [7, 11) is 0. The van der Waals surface area contributed by atoms with E-state index in [0.717, 1.165) is 12.0 Å². The van der Waals surface area contributed by atoms with E-state index in [9.17, 15) is 4.79 Å². The standard InChI is InChI=1S/C17H16N4O/c18-11-13-7-4-8-15(19-13)20-14-9-10-16(22)21-17(14)12-5-2-1-3-6-12/h1-8,14,17H,9-10H2,(H,19,20)(H,21,22)/t14-,17+/m1/s1. The molecule has 1 saturated heterocycles. The van der Waals surface area contributed by atoms with E-state index in [-0.39, 0.29) is 18.0 Å². The number of amides is 1. The van der Waals surface area contributed by atoms with E-state index in [1.807, 2.05) is 42.5 Å². The van der Waals surface area contributed by atoms with Crippen LogP contribution in [0.25, 0.3) is 0 Å². The number of benzene rings is 1. The van der Waals surface area contributed by atoms with Crippen molar-refractivity contribution in [3.8, 4) is 6.07 Å². The molecule has 1 aromatic carbocycles. The normalized spacial score (nSPS) is 20.8. The van der Waals surface area contributed by atoms with Crippen molar-refractivity contribution >= 4 is 11.7 Å². The van der Waals surface area contributed by atoms with Gasteiger partial charge in [-0.3, -0.25) is 4.79 Å². The van der Waals surface area contributed by atoms with Gasteiger partial charge < -0.3 is 10.6 Å². The van der Waals surface area contributed by atoms with Crippen LogP contribution in [0.3, 0.4) is 0 Å². The van der Waals surface area contributed by atoms with Crippen LogP contribution in [0.5, 0.6) is 0 Å². The number of rotatable bonds is 3. The number of carbonyl (C=O) groups excluding carboxylic acids is 1. The number of nitriles is 1. The number of pyridine rings is 1. The fraction of sp³-hybridized carbons (Fsp3) is 0.235. The van der Waals surface area contributed by atoms with E-state index in [4.69, 9.17) is 5.26 Å². The van der Waals surface area contributed by atoms with E-state index in [0.29, 0.717) is 17.9 Å². The highest BCUT2D eigenvalue weighted by molar-refractivity contribution is 5.77. The Labute approximate surface area is 129 Å². The molecular formula is C17H16N4O. The highest BCUT2D eigenvalue weighted by Crippen LogP contribution is 2.26. The molecule has 0 spiro atoms. The summed E-state index contributed by atoms with van der Waals surface area (Å²) in [5, 5.41) is 15.3. The van der Waals surface area contributed by atoms with Crippen LogP contribution in [-0.2, 0) is 4.79 Å². The first-order chi connectivity index (χ1) is 10.8. The molecule has 2 atom stereocenters. The van der Waals surface area contributed by atoms with Gasteiger partial charge in [-0.15, -0.1) is 0 Å². The maximum atomic E-state index is 11.7. The van der Waals surface area contributed by atoms with Gasteiger partial charge in [-0.05, 0) is 24.1 Å². The van der Waals surface area contributed by atoms with Crippen LogP contribution >= 0.6 is 0 Å². The van der Waals surface area contributed by atoms with Crippen LogP contribution in [-0.4, -0.2) is 16.9 Å². The van der Waals surface area contributed by atoms with E-state index in [1.165, 1.54) is 0 Å². The van der Waals surface area contributed by atoms with Crippen LogP contribution < -0.4 is 10.6 Å². The molecule has 0 saturated carbocycles. The molecule has 1 amide bonds. The predicted molar refractivity (Wildman–Crippen MR) is 82.9 cm³/mol. The van der Waals surface area contributed by atoms with Crippen LogP contribution in [0.4, 0.5) is 5.82 Å². The number of hydrogen-bond acceptors (Lipinski definition) is 4. The summed E-state index contributed by atoms with van der Waals surface area (Å²) in [6.45, 7) is 0. The van der Waals surface area contributed by atoms with Gasteiger partial charge in [-0.1, -0.05) is 36.4 Å². The molecule has 0 bridgehead atoms. The average molecular weight is 292 g/mol. The Bertz CT molecular complexity index is 708. The predicted octanol–water partition coefficient (Wildman–Crippen LogP) is 2.39. The Morgan fingerprint density at radius 1 is 1.18 bits per heavy atom. The first-order valence-corrected chi connectivity index (χ1v) is 7.24. The Balaban J connectivity index is 1.83. The third-order valence-electron chi connectivity index (χ3n) is 3.76. The lowest BCUT2D eigenvalue weighted by Gasteiger charge is -2.33. The van der Waals surface area contributed by atoms with E-state index in [1.54, 1.807) is 12.1 Å². The topological polar surface area (TPSA) is 77.8 Å². The second kappa shape index (κ2) is 6.27. The smallest absolute Gasteiger partial charge is 0.220 e. The Hall–Kier alpha value is -2.87. The Morgan fingerprint density at radius 2 is 2.00 bits per heavy atom. The summed E-state index contributed by atoms with van der Waals surface area (Å²) in [6, 6.07) is 17.2. The van der Waals surface area contributed by atoms with Gasteiger partial charge in [0.25, 0.3) is 0 Å². The van der Waals surface area contributed by atoms with Gasteiger partial charge in [0, 0.05) is 6.42 Å². The van der Waals surface area contributed by atoms with Gasteiger partial charge >= 0.3 is 0 Å². The van der Waals surface area contributed by atoms with E-state index in [2.05, 4.69) is 15.6 Å². The summed E-state index contributed by atoms with van der Waals surface area (Å²) in [6.07, 6.45) is 1.21. The highest BCUT2D eigenvalue weighted by Gasteiger charge is 2.29. The van der Waals surface area contributed by atoms with Crippen LogP contribution in [0.2, 0.25) is 0 Å². The molecule has 3 rings (SSSR count). The fourth-order valence-corrected chi connectivity index (χ4v) is 2.70. The maximum Gasteiger partial charge on any atom is 0.220 e. The lowest BCUT2D eigenvalue weighted by atomic mass is 9.92. The molecule has 2 N–H and O–H groups in total. The summed E-state index contributed by atoms with van der Waals surface area (Å²) >= 11 is 0. The minimum atomic E-state index is -0.102. The quantitative estimate of drug-likeness (QED) is 0.910. The SMILES string of the molecule is N#Cc1cccc(N[C@@H]2CCC(=O)N[C@H]2c2ccccc2)n1. The van der Waals surface area contributed by atoms with Crippen LogP contribution in [0.15, 0.2) is 48.5 Å². The second-order valence-electron chi connectivity index (χ2n) is 5.27. The molecule has 1 aliphatic rings. The van der Waals surface area contributed by atoms with Crippen molar-refractivity contribution in [1.29, 1.82) is 5.26 Å². The zero-order chi connectivity index (χ0) is 15.4. The van der Waals surface area contributed by atoms with Crippen molar-refractivity contribution in [1.82, 2.24) is 10.3 Å². The minimum Gasteiger partial charge on any atom is -0.365 e. The van der Waals surface area contributed by atoms with Crippen molar-refractivity contribution in [3.05, 3.63) is 59.8 Å². The molecule has 5 heteroatoms. The third-order valence-corrected chi connectivity index (χ3v) is 3.76. The van der Waals surface area contributed by atoms with Gasteiger partial charge in [0.2, 0.25) is 5.91 Å². The summed E-state index contributed by atoms with van der Waals surface area (Å²) in [5.41, 5.74) is 1.44. The lowest BCUT2D eigenvalue weighted by molar-refractivity contribution is -0.123. The number of carbonyl (C=O) groups is 1. The largest absolute Gasteiger partial charge is 0.365 e. The van der Waals surface area contributed by atoms with Gasteiger partial charge in [0.1, 0.15) is 17.6 Å². The van der Waals surface area contributed by atoms with Gasteiger partial charge in [-0.2, -0.15) is 5.26 Å². The first-order valence-electron chi connectivity index (χ1n) is 7.24. The average Bonchev–Trinajstić information content (AvgIpc) is 2.57. The molecule has 1 aliphatic heterocycles. The molecule has 1 aromatic heterocycles. The lowest BCUT2D eigenvalue weighted by Crippen LogP contribution is -2.45. The zero-order valence-corrected chi connectivity index (χ0v) is 12.0. The number of piperidine rings is 1. The number of hydrogen-bond donors (Lipinski definition) is 2. The fourth-order valence-electron chi connectivity index (χ4n) is 2.70. The summed E-state index contributed by atoms with van der Waals surface area (Å²) < 4.78 is 0. The summed E-state index contributed by atoms with van der Waals surface area (Å²) in [4.78, 5) is 16.0. The molecule has 0 unspecified atom stereocenters. The molecule has 2 heterocycles. The van der Waals surface area contributed by atoms with E-state index < -0.39 is 0 Å². The third kappa shape index (κ3) is 3.07. The number of nitrogens with one attached hydrogen (secondary N) is 2. The van der Waals surface area contributed by atoms with Crippen molar-refractivity contribution in [2.24, 2.45) is 0 Å². The molecule has 5 nitrogen and oxygen atoms in total. The van der Waals surface area contributed by atoms with Gasteiger partial charge in [-0.25, -0.2) is 4.98 Å². The zero-order valence-electron chi connectivity index (χ0n) is 12.0. The van der Waals surface area contributed by atoms with Crippen molar-refractivity contribution in [2.75, 3.05) is 5.32 Å². The molecule has 1 fully saturated rings. The Morgan fingerprint density at radius 3 is 2.77 bits per heavy atom. The molecule has 0 aliphatic carbocycles.